The van der Waals surface area contributed by atoms with E-state index in [0.717, 1.165) is 72.6 Å². The quantitative estimate of drug-likeness (QED) is 0.458. The minimum Gasteiger partial charge on any atom is -0.381 e. The summed E-state index contributed by atoms with van der Waals surface area (Å²) in [5, 5.41) is 15.3. The first-order valence-corrected chi connectivity index (χ1v) is 11.9. The molecule has 1 fully saturated rings. The van der Waals surface area contributed by atoms with Crippen LogP contribution in [0, 0.1) is 0 Å². The topological polar surface area (TPSA) is 93.1 Å². The second-order valence-corrected chi connectivity index (χ2v) is 8.52. The molecule has 2 aromatic heterocycles. The number of pyridine rings is 1. The smallest absolute Gasteiger partial charge is 0.315 e. The molecule has 2 amide bonds. The van der Waals surface area contributed by atoms with Crippen molar-refractivity contribution in [3.8, 4) is 0 Å². The fourth-order valence-electron chi connectivity index (χ4n) is 4.34. The molecule has 0 radical (unpaired) electrons. The van der Waals surface area contributed by atoms with Crippen molar-refractivity contribution in [3.63, 3.8) is 0 Å². The van der Waals surface area contributed by atoms with Crippen LogP contribution in [-0.4, -0.2) is 47.9 Å². The van der Waals surface area contributed by atoms with Crippen molar-refractivity contribution in [1.82, 2.24) is 25.4 Å². The van der Waals surface area contributed by atoms with E-state index in [1.165, 1.54) is 5.46 Å². The van der Waals surface area contributed by atoms with Gasteiger partial charge in [0.15, 0.2) is 5.65 Å². The molecule has 0 aliphatic carbocycles. The number of nitrogens with zero attached hydrogens (tertiary/aromatic N) is 3. The zero-order chi connectivity index (χ0) is 23.2. The van der Waals surface area contributed by atoms with Gasteiger partial charge in [-0.25, -0.2) is 14.5 Å². The van der Waals surface area contributed by atoms with Crippen molar-refractivity contribution >= 4 is 36.1 Å². The molecule has 1 aromatic carbocycles. The van der Waals surface area contributed by atoms with Crippen LogP contribution < -0.4 is 21.4 Å². The number of urea groups is 1. The lowest BCUT2D eigenvalue weighted by Crippen LogP contribution is -2.35. The summed E-state index contributed by atoms with van der Waals surface area (Å²) >= 11 is 0. The number of carbonyl (C=O) groups is 1. The van der Waals surface area contributed by atoms with Gasteiger partial charge in [0.05, 0.1) is 17.3 Å². The molecule has 1 aliphatic heterocycles. The predicted octanol–water partition coefficient (Wildman–Crippen LogP) is 1.86. The number of anilines is 1. The van der Waals surface area contributed by atoms with E-state index >= 15 is 0 Å². The van der Waals surface area contributed by atoms with E-state index in [2.05, 4.69) is 41.0 Å². The van der Waals surface area contributed by atoms with Crippen LogP contribution in [0.5, 0.6) is 0 Å². The van der Waals surface area contributed by atoms with Crippen molar-refractivity contribution in [1.29, 1.82) is 0 Å². The summed E-state index contributed by atoms with van der Waals surface area (Å²) in [6.45, 7) is 7.33. The van der Waals surface area contributed by atoms with E-state index in [1.54, 1.807) is 0 Å². The Labute approximate surface area is 195 Å². The normalized spacial score (nSPS) is 14.4. The Bertz CT molecular complexity index is 1110. The van der Waals surface area contributed by atoms with Gasteiger partial charge in [0.25, 0.3) is 0 Å². The number of hydrogen-bond acceptors (Lipinski definition) is 5. The summed E-state index contributed by atoms with van der Waals surface area (Å²) < 4.78 is 7.46. The Kier molecular flexibility index (Phi) is 7.49. The maximum absolute atomic E-state index is 12.6. The lowest BCUT2D eigenvalue weighted by molar-refractivity contribution is 0.0904. The minimum absolute atomic E-state index is 0.195. The zero-order valence-electron chi connectivity index (χ0n) is 19.8. The number of amides is 2. The first-order valence-electron chi connectivity index (χ1n) is 11.9. The largest absolute Gasteiger partial charge is 0.381 e. The molecule has 0 saturated carbocycles. The van der Waals surface area contributed by atoms with Crippen LogP contribution in [0.2, 0.25) is 0 Å². The predicted molar refractivity (Wildman–Crippen MR) is 134 cm³/mol. The van der Waals surface area contributed by atoms with Crippen LogP contribution >= 0.6 is 0 Å². The first kappa shape index (κ1) is 23.1. The highest BCUT2D eigenvalue weighted by molar-refractivity contribution is 6.32. The van der Waals surface area contributed by atoms with Crippen molar-refractivity contribution in [3.05, 3.63) is 47.3 Å². The molecule has 0 bridgehead atoms. The molecule has 4 rings (SSSR count). The Balaban J connectivity index is 1.55. The van der Waals surface area contributed by atoms with E-state index < -0.39 is 0 Å². The second kappa shape index (κ2) is 10.7. The van der Waals surface area contributed by atoms with Crippen LogP contribution in [0.1, 0.15) is 43.5 Å². The third kappa shape index (κ3) is 5.47. The van der Waals surface area contributed by atoms with Crippen LogP contribution in [-0.2, 0) is 30.8 Å². The number of fused-ring (bicyclic) bond motifs is 1. The highest BCUT2D eigenvalue weighted by Gasteiger charge is 2.21. The lowest BCUT2D eigenvalue weighted by Gasteiger charge is -2.26. The molecule has 9 heteroatoms. The summed E-state index contributed by atoms with van der Waals surface area (Å²) in [5.74, 6) is 0. The maximum Gasteiger partial charge on any atom is 0.315 e. The van der Waals surface area contributed by atoms with Gasteiger partial charge >= 0.3 is 6.03 Å². The minimum atomic E-state index is -0.195. The van der Waals surface area contributed by atoms with Gasteiger partial charge in [-0.15, -0.1) is 0 Å². The summed E-state index contributed by atoms with van der Waals surface area (Å²) in [4.78, 5) is 17.5. The van der Waals surface area contributed by atoms with E-state index in [1.807, 2.05) is 36.9 Å². The van der Waals surface area contributed by atoms with Crippen LogP contribution in [0.3, 0.4) is 0 Å². The number of hydrogen-bond donors (Lipinski definition) is 3. The van der Waals surface area contributed by atoms with Crippen LogP contribution in [0.25, 0.3) is 11.0 Å². The first-order chi connectivity index (χ1) is 16.1. The maximum atomic E-state index is 12.6. The SMILES string of the molecule is Bc1cccc(CNC(=O)NCc2c(CC)nc3c(cnn3CC)c2NC2CCOCC2)c1. The van der Waals surface area contributed by atoms with Gasteiger partial charge in [-0.05, 0) is 31.7 Å². The van der Waals surface area contributed by atoms with Gasteiger partial charge in [0.2, 0.25) is 0 Å². The molecular weight excluding hydrogens is 415 g/mol. The molecule has 174 valence electrons. The Morgan fingerprint density at radius 2 is 2.00 bits per heavy atom. The molecule has 1 aliphatic rings. The Morgan fingerprint density at radius 1 is 1.21 bits per heavy atom. The molecule has 0 atom stereocenters. The van der Waals surface area contributed by atoms with Gasteiger partial charge in [-0.1, -0.05) is 36.7 Å². The third-order valence-corrected chi connectivity index (χ3v) is 6.14. The van der Waals surface area contributed by atoms with Crippen molar-refractivity contribution in [2.45, 2.75) is 58.8 Å². The monoisotopic (exact) mass is 448 g/mol. The van der Waals surface area contributed by atoms with Gasteiger partial charge in [0, 0.05) is 50.1 Å². The number of rotatable bonds is 8. The number of nitrogens with one attached hydrogen (secondary N) is 3. The van der Waals surface area contributed by atoms with Gasteiger partial charge in [-0.2, -0.15) is 5.10 Å². The van der Waals surface area contributed by atoms with Gasteiger partial charge in [0.1, 0.15) is 7.85 Å². The van der Waals surface area contributed by atoms with Crippen molar-refractivity contribution in [2.75, 3.05) is 18.5 Å². The van der Waals surface area contributed by atoms with Gasteiger partial charge in [-0.3, -0.25) is 0 Å². The van der Waals surface area contributed by atoms with E-state index in [9.17, 15) is 4.79 Å². The molecule has 8 nitrogen and oxygen atoms in total. The molecule has 33 heavy (non-hydrogen) atoms. The van der Waals surface area contributed by atoms with Crippen LogP contribution in [0.4, 0.5) is 10.5 Å². The molecule has 0 spiro atoms. The summed E-state index contributed by atoms with van der Waals surface area (Å²) in [6, 6.07) is 8.28. The average Bonchev–Trinajstić information content (AvgIpc) is 3.25. The summed E-state index contributed by atoms with van der Waals surface area (Å²) in [7, 11) is 2.05. The Hall–Kier alpha value is -3.07. The number of benzene rings is 1. The Morgan fingerprint density at radius 3 is 2.73 bits per heavy atom. The molecular formula is C24H33BN6O2. The standard InChI is InChI=1S/C24H33BN6O2/c1-3-21-19(14-27-24(32)26-13-16-6-5-7-17(25)12-16)22(29-18-8-10-33-11-9-18)20-15-28-31(4-2)23(20)30-21/h5-7,12,15,18H,3-4,8-11,13-14,25H2,1-2H3,(H,29,30)(H2,26,27,32). The highest BCUT2D eigenvalue weighted by atomic mass is 16.5. The third-order valence-electron chi connectivity index (χ3n) is 6.14. The molecule has 3 aromatic rings. The fraction of sp³-hybridized carbons (Fsp3) is 0.458. The number of aryl methyl sites for hydroxylation is 2. The van der Waals surface area contributed by atoms with E-state index in [-0.39, 0.29) is 6.03 Å². The molecule has 1 saturated heterocycles. The number of aromatic nitrogens is 3. The van der Waals surface area contributed by atoms with Gasteiger partial charge < -0.3 is 20.7 Å². The second-order valence-electron chi connectivity index (χ2n) is 8.52. The van der Waals surface area contributed by atoms with E-state index in [4.69, 9.17) is 9.72 Å². The van der Waals surface area contributed by atoms with Crippen LogP contribution in [0.15, 0.2) is 30.5 Å². The van der Waals surface area contributed by atoms with E-state index in [0.29, 0.717) is 19.1 Å². The lowest BCUT2D eigenvalue weighted by atomic mass is 9.94. The molecule has 3 heterocycles. The summed E-state index contributed by atoms with van der Waals surface area (Å²) in [5.41, 5.74) is 6.18. The fourth-order valence-corrected chi connectivity index (χ4v) is 4.34. The highest BCUT2D eigenvalue weighted by Crippen LogP contribution is 2.31. The van der Waals surface area contributed by atoms with Crippen molar-refractivity contribution in [2.24, 2.45) is 0 Å². The molecule has 0 unspecified atom stereocenters. The zero-order valence-corrected chi connectivity index (χ0v) is 19.8. The molecule has 3 N–H and O–H groups in total. The number of ether oxygens (including phenoxy) is 1. The average molecular weight is 448 g/mol. The van der Waals surface area contributed by atoms with Crippen molar-refractivity contribution < 1.29 is 9.53 Å². The summed E-state index contributed by atoms with van der Waals surface area (Å²) in [6.07, 6.45) is 4.57. The number of carbonyl (C=O) groups excluding carboxylic acids is 1.